The number of hydrogen-bond acceptors (Lipinski definition) is 3. The second-order valence-corrected chi connectivity index (χ2v) is 5.12. The summed E-state index contributed by atoms with van der Waals surface area (Å²) < 4.78 is 0. The number of nitrogens with one attached hydrogen (secondary N) is 1. The Kier molecular flexibility index (Phi) is 2.82. The van der Waals surface area contributed by atoms with E-state index in [1.807, 2.05) is 6.07 Å². The van der Waals surface area contributed by atoms with E-state index in [-0.39, 0.29) is 0 Å². The first kappa shape index (κ1) is 10.9. The van der Waals surface area contributed by atoms with Gasteiger partial charge in [0.15, 0.2) is 0 Å². The van der Waals surface area contributed by atoms with Gasteiger partial charge in [-0.15, -0.1) is 0 Å². The normalized spacial score (nSPS) is 22.7. The lowest BCUT2D eigenvalue weighted by Crippen LogP contribution is -2.31. The molecule has 1 unspecified atom stereocenters. The highest BCUT2D eigenvalue weighted by atomic mass is 15.0. The molecule has 0 aromatic carbocycles. The third-order valence-corrected chi connectivity index (χ3v) is 3.47. The van der Waals surface area contributed by atoms with E-state index < -0.39 is 0 Å². The van der Waals surface area contributed by atoms with Crippen LogP contribution in [0.1, 0.15) is 38.7 Å². The fourth-order valence-corrected chi connectivity index (χ4v) is 2.32. The Morgan fingerprint density at radius 2 is 2.31 bits per heavy atom. The standard InChI is InChI=1S/C13H17N3/c1-13(2)7-3-4-11(13)16-12-6-5-10(8-14)9-15-12/h5-6,9,11H,3-4,7H2,1-2H3,(H,15,16). The van der Waals surface area contributed by atoms with Crippen molar-refractivity contribution in [1.29, 1.82) is 5.26 Å². The Balaban J connectivity index is 2.07. The van der Waals surface area contributed by atoms with Gasteiger partial charge in [0.1, 0.15) is 11.9 Å². The third kappa shape index (κ3) is 2.16. The van der Waals surface area contributed by atoms with Gasteiger partial charge in [0.2, 0.25) is 0 Å². The first-order valence-corrected chi connectivity index (χ1v) is 5.74. The van der Waals surface area contributed by atoms with Gasteiger partial charge in [-0.25, -0.2) is 4.98 Å². The van der Waals surface area contributed by atoms with Gasteiger partial charge in [0.25, 0.3) is 0 Å². The molecular weight excluding hydrogens is 198 g/mol. The van der Waals surface area contributed by atoms with E-state index in [0.717, 1.165) is 5.82 Å². The Hall–Kier alpha value is -1.56. The number of hydrogen-bond donors (Lipinski definition) is 1. The van der Waals surface area contributed by atoms with Crippen molar-refractivity contribution in [3.8, 4) is 6.07 Å². The summed E-state index contributed by atoms with van der Waals surface area (Å²) in [6.07, 6.45) is 5.36. The van der Waals surface area contributed by atoms with Crippen LogP contribution in [0.5, 0.6) is 0 Å². The van der Waals surface area contributed by atoms with Crippen LogP contribution in [0.4, 0.5) is 5.82 Å². The highest BCUT2D eigenvalue weighted by Gasteiger charge is 2.34. The highest BCUT2D eigenvalue weighted by molar-refractivity contribution is 5.40. The molecular formula is C13H17N3. The molecule has 0 aliphatic heterocycles. The zero-order valence-electron chi connectivity index (χ0n) is 9.83. The second-order valence-electron chi connectivity index (χ2n) is 5.12. The minimum absolute atomic E-state index is 0.343. The third-order valence-electron chi connectivity index (χ3n) is 3.47. The first-order valence-electron chi connectivity index (χ1n) is 5.74. The lowest BCUT2D eigenvalue weighted by Gasteiger charge is -2.28. The maximum absolute atomic E-state index is 8.69. The summed E-state index contributed by atoms with van der Waals surface area (Å²) in [4.78, 5) is 4.24. The zero-order valence-corrected chi connectivity index (χ0v) is 9.83. The molecule has 1 saturated carbocycles. The van der Waals surface area contributed by atoms with Crippen molar-refractivity contribution in [3.63, 3.8) is 0 Å². The molecule has 1 heterocycles. The number of nitrogens with zero attached hydrogens (tertiary/aromatic N) is 2. The molecule has 1 atom stereocenters. The molecule has 1 aliphatic rings. The summed E-state index contributed by atoms with van der Waals surface area (Å²) in [5.41, 5.74) is 0.950. The van der Waals surface area contributed by atoms with Gasteiger partial charge in [-0.05, 0) is 30.4 Å². The van der Waals surface area contributed by atoms with Crippen LogP contribution in [-0.4, -0.2) is 11.0 Å². The summed E-state index contributed by atoms with van der Waals surface area (Å²) in [6.45, 7) is 4.59. The molecule has 1 aromatic rings. The number of nitriles is 1. The van der Waals surface area contributed by atoms with E-state index in [4.69, 9.17) is 5.26 Å². The zero-order chi connectivity index (χ0) is 11.6. The Morgan fingerprint density at radius 3 is 2.81 bits per heavy atom. The van der Waals surface area contributed by atoms with E-state index >= 15 is 0 Å². The number of anilines is 1. The Bertz CT molecular complexity index is 400. The predicted octanol–water partition coefficient (Wildman–Crippen LogP) is 2.94. The fourth-order valence-electron chi connectivity index (χ4n) is 2.32. The molecule has 3 heteroatoms. The van der Waals surface area contributed by atoms with Gasteiger partial charge in [-0.2, -0.15) is 5.26 Å². The van der Waals surface area contributed by atoms with Gasteiger partial charge in [0, 0.05) is 12.2 Å². The summed E-state index contributed by atoms with van der Waals surface area (Å²) in [6, 6.07) is 6.25. The van der Waals surface area contributed by atoms with Crippen LogP contribution < -0.4 is 5.32 Å². The summed E-state index contributed by atoms with van der Waals surface area (Å²) >= 11 is 0. The lowest BCUT2D eigenvalue weighted by atomic mass is 9.87. The molecule has 1 aromatic heterocycles. The van der Waals surface area contributed by atoms with Gasteiger partial charge in [-0.3, -0.25) is 0 Å². The molecule has 1 N–H and O–H groups in total. The van der Waals surface area contributed by atoms with E-state index in [0.29, 0.717) is 17.0 Å². The fraction of sp³-hybridized carbons (Fsp3) is 0.538. The molecule has 84 valence electrons. The van der Waals surface area contributed by atoms with E-state index in [9.17, 15) is 0 Å². The second kappa shape index (κ2) is 4.13. The van der Waals surface area contributed by atoms with Gasteiger partial charge < -0.3 is 5.32 Å². The highest BCUT2D eigenvalue weighted by Crippen LogP contribution is 2.38. The van der Waals surface area contributed by atoms with Crippen molar-refractivity contribution >= 4 is 5.82 Å². The lowest BCUT2D eigenvalue weighted by molar-refractivity contribution is 0.349. The van der Waals surface area contributed by atoms with Crippen molar-refractivity contribution in [1.82, 2.24) is 4.98 Å². The van der Waals surface area contributed by atoms with Gasteiger partial charge in [-0.1, -0.05) is 20.3 Å². The van der Waals surface area contributed by atoms with Crippen LogP contribution in [-0.2, 0) is 0 Å². The van der Waals surface area contributed by atoms with E-state index in [2.05, 4.69) is 30.2 Å². The van der Waals surface area contributed by atoms with Crippen molar-refractivity contribution in [2.24, 2.45) is 5.41 Å². The van der Waals surface area contributed by atoms with Gasteiger partial charge >= 0.3 is 0 Å². The first-order chi connectivity index (χ1) is 7.62. The molecule has 0 radical (unpaired) electrons. The van der Waals surface area contributed by atoms with Gasteiger partial charge in [0.05, 0.1) is 5.56 Å². The Labute approximate surface area is 96.5 Å². The SMILES string of the molecule is CC1(C)CCCC1Nc1ccc(C#N)cn1. The summed E-state index contributed by atoms with van der Waals surface area (Å²) in [5, 5.41) is 12.1. The average Bonchev–Trinajstić information content (AvgIpc) is 2.59. The van der Waals surface area contributed by atoms with Crippen LogP contribution >= 0.6 is 0 Å². The van der Waals surface area contributed by atoms with Crippen molar-refractivity contribution in [2.75, 3.05) is 5.32 Å². The summed E-state index contributed by atoms with van der Waals surface area (Å²) in [7, 11) is 0. The molecule has 1 fully saturated rings. The molecule has 0 spiro atoms. The van der Waals surface area contributed by atoms with Crippen LogP contribution in [0.25, 0.3) is 0 Å². The molecule has 0 bridgehead atoms. The van der Waals surface area contributed by atoms with Crippen LogP contribution in [0.2, 0.25) is 0 Å². The molecule has 0 amide bonds. The predicted molar refractivity (Wildman–Crippen MR) is 64.0 cm³/mol. The van der Waals surface area contributed by atoms with Crippen LogP contribution in [0.3, 0.4) is 0 Å². The number of aromatic nitrogens is 1. The average molecular weight is 215 g/mol. The molecule has 3 nitrogen and oxygen atoms in total. The summed E-state index contributed by atoms with van der Waals surface area (Å²) in [5.74, 6) is 0.874. The van der Waals surface area contributed by atoms with Crippen molar-refractivity contribution in [2.45, 2.75) is 39.2 Å². The van der Waals surface area contributed by atoms with E-state index in [1.54, 1.807) is 12.3 Å². The topological polar surface area (TPSA) is 48.7 Å². The maximum atomic E-state index is 8.69. The minimum atomic E-state index is 0.343. The van der Waals surface area contributed by atoms with E-state index in [1.165, 1.54) is 19.3 Å². The largest absolute Gasteiger partial charge is 0.367 e. The number of rotatable bonds is 2. The monoisotopic (exact) mass is 215 g/mol. The number of pyridine rings is 1. The maximum Gasteiger partial charge on any atom is 0.126 e. The van der Waals surface area contributed by atoms with Crippen molar-refractivity contribution in [3.05, 3.63) is 23.9 Å². The molecule has 0 saturated heterocycles. The molecule has 16 heavy (non-hydrogen) atoms. The van der Waals surface area contributed by atoms with Crippen LogP contribution in [0.15, 0.2) is 18.3 Å². The Morgan fingerprint density at radius 1 is 1.50 bits per heavy atom. The molecule has 2 rings (SSSR count). The van der Waals surface area contributed by atoms with Crippen LogP contribution in [0, 0.1) is 16.7 Å². The quantitative estimate of drug-likeness (QED) is 0.825. The smallest absolute Gasteiger partial charge is 0.126 e. The van der Waals surface area contributed by atoms with Crippen molar-refractivity contribution < 1.29 is 0 Å². The molecule has 1 aliphatic carbocycles. The minimum Gasteiger partial charge on any atom is -0.367 e.